The quantitative estimate of drug-likeness (QED) is 0.571. The molecule has 0 fully saturated rings. The Kier molecular flexibility index (Phi) is 5.93. The Morgan fingerprint density at radius 3 is 2.80 bits per heavy atom. The molecule has 1 rings (SSSR count). The van der Waals surface area contributed by atoms with Gasteiger partial charge in [-0.2, -0.15) is 11.8 Å². The van der Waals surface area contributed by atoms with Crippen molar-refractivity contribution >= 4 is 23.5 Å². The highest BCUT2D eigenvalue weighted by Gasteiger charge is 1.99. The van der Waals surface area contributed by atoms with E-state index in [4.69, 9.17) is 0 Å². The van der Waals surface area contributed by atoms with Gasteiger partial charge in [0.05, 0.1) is 0 Å². The van der Waals surface area contributed by atoms with Gasteiger partial charge in [0.2, 0.25) is 0 Å². The summed E-state index contributed by atoms with van der Waals surface area (Å²) in [5.74, 6) is 4.18. The van der Waals surface area contributed by atoms with E-state index in [0.29, 0.717) is 5.16 Å². The lowest BCUT2D eigenvalue weighted by molar-refractivity contribution is 0.750. The van der Waals surface area contributed by atoms with Crippen molar-refractivity contribution in [2.75, 3.05) is 17.3 Å². The maximum Gasteiger partial charge on any atom is 0.341 e. The van der Waals surface area contributed by atoms with Gasteiger partial charge in [-0.1, -0.05) is 25.6 Å². The molecule has 0 saturated carbocycles. The SMILES string of the molecule is CC(C)CSCCCSc1n[nH]c(=O)[nH]1. The highest BCUT2D eigenvalue weighted by Crippen LogP contribution is 2.14. The van der Waals surface area contributed by atoms with Crippen LogP contribution in [-0.4, -0.2) is 32.4 Å². The predicted octanol–water partition coefficient (Wildman–Crippen LogP) is 1.97. The smallest absolute Gasteiger partial charge is 0.284 e. The van der Waals surface area contributed by atoms with Crippen LogP contribution in [0.1, 0.15) is 20.3 Å². The van der Waals surface area contributed by atoms with Gasteiger partial charge in [-0.05, 0) is 23.8 Å². The van der Waals surface area contributed by atoms with E-state index in [2.05, 4.69) is 29.0 Å². The minimum Gasteiger partial charge on any atom is -0.284 e. The lowest BCUT2D eigenvalue weighted by atomic mass is 10.3. The Balaban J connectivity index is 2.00. The van der Waals surface area contributed by atoms with Crippen LogP contribution in [0, 0.1) is 5.92 Å². The van der Waals surface area contributed by atoms with E-state index in [-0.39, 0.29) is 5.69 Å². The fourth-order valence-corrected chi connectivity index (χ4v) is 2.90. The molecule has 0 aliphatic rings. The Morgan fingerprint density at radius 2 is 2.20 bits per heavy atom. The second-order valence-electron chi connectivity index (χ2n) is 3.65. The molecule has 0 atom stereocenters. The maximum atomic E-state index is 10.7. The molecule has 0 aliphatic heterocycles. The van der Waals surface area contributed by atoms with Crippen molar-refractivity contribution in [1.82, 2.24) is 15.2 Å². The van der Waals surface area contributed by atoms with Gasteiger partial charge in [-0.15, -0.1) is 5.10 Å². The van der Waals surface area contributed by atoms with Gasteiger partial charge in [0, 0.05) is 5.75 Å². The van der Waals surface area contributed by atoms with Gasteiger partial charge in [0.15, 0.2) is 5.16 Å². The van der Waals surface area contributed by atoms with E-state index >= 15 is 0 Å². The standard InChI is InChI=1S/C9H17N3OS2/c1-7(2)6-14-4-3-5-15-9-10-8(13)11-12-9/h7H,3-6H2,1-2H3,(H2,10,11,12,13). The van der Waals surface area contributed by atoms with Gasteiger partial charge < -0.3 is 0 Å². The minimum atomic E-state index is -0.230. The van der Waals surface area contributed by atoms with Crippen molar-refractivity contribution in [2.45, 2.75) is 25.4 Å². The first kappa shape index (κ1) is 12.7. The van der Waals surface area contributed by atoms with Crippen LogP contribution in [0.25, 0.3) is 0 Å². The minimum absolute atomic E-state index is 0.230. The van der Waals surface area contributed by atoms with E-state index in [0.717, 1.165) is 18.1 Å². The molecule has 0 unspecified atom stereocenters. The molecule has 0 radical (unpaired) electrons. The molecule has 0 amide bonds. The maximum absolute atomic E-state index is 10.7. The molecule has 0 aliphatic carbocycles. The molecule has 1 aromatic heterocycles. The van der Waals surface area contributed by atoms with E-state index < -0.39 is 0 Å². The second-order valence-corrected chi connectivity index (χ2v) is 5.89. The Bertz CT molecular complexity index is 321. The Morgan fingerprint density at radius 1 is 1.40 bits per heavy atom. The van der Waals surface area contributed by atoms with Crippen LogP contribution in [0.2, 0.25) is 0 Å². The fourth-order valence-electron chi connectivity index (χ4n) is 0.972. The van der Waals surface area contributed by atoms with Crippen LogP contribution in [-0.2, 0) is 0 Å². The van der Waals surface area contributed by atoms with Gasteiger partial charge >= 0.3 is 5.69 Å². The summed E-state index contributed by atoms with van der Waals surface area (Å²) in [5, 5.41) is 6.86. The van der Waals surface area contributed by atoms with Crippen molar-refractivity contribution in [3.05, 3.63) is 10.5 Å². The first-order valence-electron chi connectivity index (χ1n) is 5.03. The van der Waals surface area contributed by atoms with Crippen LogP contribution < -0.4 is 5.69 Å². The first-order chi connectivity index (χ1) is 7.18. The molecule has 0 spiro atoms. The normalized spacial score (nSPS) is 11.1. The summed E-state index contributed by atoms with van der Waals surface area (Å²) in [6.07, 6.45) is 1.15. The average Bonchev–Trinajstić information content (AvgIpc) is 2.57. The summed E-state index contributed by atoms with van der Waals surface area (Å²) >= 11 is 3.58. The molecule has 0 bridgehead atoms. The zero-order valence-electron chi connectivity index (χ0n) is 9.08. The van der Waals surface area contributed by atoms with E-state index in [1.165, 1.54) is 11.5 Å². The van der Waals surface area contributed by atoms with Gasteiger partial charge in [-0.3, -0.25) is 4.98 Å². The van der Waals surface area contributed by atoms with E-state index in [9.17, 15) is 4.79 Å². The summed E-state index contributed by atoms with van der Waals surface area (Å²) in [4.78, 5) is 13.3. The first-order valence-corrected chi connectivity index (χ1v) is 7.17. The van der Waals surface area contributed by atoms with Crippen LogP contribution in [0.15, 0.2) is 9.95 Å². The molecular weight excluding hydrogens is 230 g/mol. The zero-order chi connectivity index (χ0) is 11.1. The number of hydrogen-bond acceptors (Lipinski definition) is 4. The van der Waals surface area contributed by atoms with Gasteiger partial charge in [0.25, 0.3) is 0 Å². The lowest BCUT2D eigenvalue weighted by Crippen LogP contribution is -2.00. The number of hydrogen-bond donors (Lipinski definition) is 2. The molecule has 1 aromatic rings. The van der Waals surface area contributed by atoms with Gasteiger partial charge in [0.1, 0.15) is 0 Å². The largest absolute Gasteiger partial charge is 0.341 e. The van der Waals surface area contributed by atoms with Crippen molar-refractivity contribution < 1.29 is 0 Å². The summed E-state index contributed by atoms with van der Waals surface area (Å²) in [5.41, 5.74) is -0.230. The number of nitrogens with one attached hydrogen (secondary N) is 2. The summed E-state index contributed by atoms with van der Waals surface area (Å²) < 4.78 is 0. The summed E-state index contributed by atoms with van der Waals surface area (Å²) in [6.45, 7) is 4.46. The highest BCUT2D eigenvalue weighted by atomic mass is 32.2. The van der Waals surface area contributed by atoms with Crippen molar-refractivity contribution in [1.29, 1.82) is 0 Å². The molecular formula is C9H17N3OS2. The number of thioether (sulfide) groups is 2. The average molecular weight is 247 g/mol. The molecule has 4 nitrogen and oxygen atoms in total. The Labute approximate surface area is 98.0 Å². The molecule has 2 N–H and O–H groups in total. The van der Waals surface area contributed by atoms with Crippen LogP contribution in [0.4, 0.5) is 0 Å². The zero-order valence-corrected chi connectivity index (χ0v) is 10.7. The lowest BCUT2D eigenvalue weighted by Gasteiger charge is -2.03. The third-order valence-corrected chi connectivity index (χ3v) is 4.04. The number of H-pyrrole nitrogens is 2. The van der Waals surface area contributed by atoms with Crippen LogP contribution >= 0.6 is 23.5 Å². The molecule has 86 valence electrons. The predicted molar refractivity (Wildman–Crippen MR) is 66.7 cm³/mol. The molecule has 0 aromatic carbocycles. The van der Waals surface area contributed by atoms with E-state index in [1.54, 1.807) is 11.8 Å². The third kappa shape index (κ3) is 5.94. The van der Waals surface area contributed by atoms with Crippen molar-refractivity contribution in [2.24, 2.45) is 5.92 Å². The van der Waals surface area contributed by atoms with E-state index in [1.807, 2.05) is 11.8 Å². The number of nitrogens with zero attached hydrogens (tertiary/aromatic N) is 1. The highest BCUT2D eigenvalue weighted by molar-refractivity contribution is 8.00. The number of aromatic nitrogens is 3. The molecule has 6 heteroatoms. The third-order valence-electron chi connectivity index (χ3n) is 1.60. The fraction of sp³-hybridized carbons (Fsp3) is 0.778. The molecule has 0 saturated heterocycles. The molecule has 15 heavy (non-hydrogen) atoms. The molecule has 1 heterocycles. The number of aromatic amines is 2. The van der Waals surface area contributed by atoms with Gasteiger partial charge in [-0.25, -0.2) is 9.89 Å². The van der Waals surface area contributed by atoms with Crippen LogP contribution in [0.3, 0.4) is 0 Å². The second kappa shape index (κ2) is 7.00. The van der Waals surface area contributed by atoms with Crippen molar-refractivity contribution in [3.8, 4) is 0 Å². The monoisotopic (exact) mass is 247 g/mol. The summed E-state index contributed by atoms with van der Waals surface area (Å²) in [6, 6.07) is 0. The van der Waals surface area contributed by atoms with Crippen molar-refractivity contribution in [3.63, 3.8) is 0 Å². The van der Waals surface area contributed by atoms with Crippen LogP contribution in [0.5, 0.6) is 0 Å². The summed E-state index contributed by atoms with van der Waals surface area (Å²) in [7, 11) is 0. The topological polar surface area (TPSA) is 61.5 Å². The Hall–Kier alpha value is -0.360. The number of rotatable bonds is 7.